The van der Waals surface area contributed by atoms with Crippen LogP contribution >= 0.6 is 0 Å². The summed E-state index contributed by atoms with van der Waals surface area (Å²) >= 11 is 0. The molecular weight excluding hydrogens is 400 g/mol. The molecule has 0 radical (unpaired) electrons. The number of rotatable bonds is 7. The highest BCUT2D eigenvalue weighted by atomic mass is 16.7. The van der Waals surface area contributed by atoms with Gasteiger partial charge in [-0.2, -0.15) is 0 Å². The van der Waals surface area contributed by atoms with Crippen molar-refractivity contribution in [2.75, 3.05) is 13.7 Å². The molecular formula is C23H30N2O6. The molecule has 0 spiro atoms. The van der Waals surface area contributed by atoms with Gasteiger partial charge in [-0.25, -0.2) is 0 Å². The van der Waals surface area contributed by atoms with Gasteiger partial charge in [0.15, 0.2) is 0 Å². The molecule has 168 valence electrons. The van der Waals surface area contributed by atoms with E-state index in [1.54, 1.807) is 32.3 Å². The minimum absolute atomic E-state index is 0.0793. The Morgan fingerprint density at radius 3 is 2.55 bits per heavy atom. The highest BCUT2D eigenvalue weighted by molar-refractivity contribution is 5.73. The summed E-state index contributed by atoms with van der Waals surface area (Å²) in [4.78, 5) is 15.3. The average molecular weight is 431 g/mol. The molecule has 8 heteroatoms. The van der Waals surface area contributed by atoms with Crippen LogP contribution in [0.25, 0.3) is 11.1 Å². The van der Waals surface area contributed by atoms with Crippen LogP contribution in [0.5, 0.6) is 5.75 Å². The van der Waals surface area contributed by atoms with Gasteiger partial charge in [0.25, 0.3) is 0 Å². The summed E-state index contributed by atoms with van der Waals surface area (Å²) in [6.45, 7) is 5.55. The Bertz CT molecular complexity index is 889. The summed E-state index contributed by atoms with van der Waals surface area (Å²) in [5.74, 6) is 0.405. The lowest BCUT2D eigenvalue weighted by Crippen LogP contribution is -2.63. The van der Waals surface area contributed by atoms with Crippen molar-refractivity contribution in [1.82, 2.24) is 10.3 Å². The Morgan fingerprint density at radius 1 is 1.19 bits per heavy atom. The summed E-state index contributed by atoms with van der Waals surface area (Å²) in [6, 6.07) is 9.34. The molecule has 31 heavy (non-hydrogen) atoms. The molecule has 1 aliphatic heterocycles. The predicted molar refractivity (Wildman–Crippen MR) is 114 cm³/mol. The normalized spacial score (nSPS) is 25.1. The molecule has 1 saturated heterocycles. The molecule has 1 amide bonds. The number of aromatic nitrogens is 1. The highest BCUT2D eigenvalue weighted by Crippen LogP contribution is 2.34. The maximum atomic E-state index is 11.2. The van der Waals surface area contributed by atoms with Crippen LogP contribution in [-0.2, 0) is 20.7 Å². The molecule has 3 N–H and O–H groups in total. The topological polar surface area (TPSA) is 110 Å². The maximum Gasteiger partial charge on any atom is 0.229 e. The van der Waals surface area contributed by atoms with E-state index < -0.39 is 30.2 Å². The number of pyridine rings is 1. The molecule has 0 bridgehead atoms. The summed E-state index contributed by atoms with van der Waals surface area (Å²) in [5.41, 5.74) is 2.04. The third-order valence-electron chi connectivity index (χ3n) is 5.39. The van der Waals surface area contributed by atoms with Crippen LogP contribution < -0.4 is 10.1 Å². The van der Waals surface area contributed by atoms with Gasteiger partial charge >= 0.3 is 0 Å². The first-order chi connectivity index (χ1) is 14.7. The molecule has 4 atom stereocenters. The summed E-state index contributed by atoms with van der Waals surface area (Å²) in [5, 5.41) is 23.8. The van der Waals surface area contributed by atoms with Gasteiger partial charge in [-0.15, -0.1) is 0 Å². The zero-order valence-electron chi connectivity index (χ0n) is 18.2. The van der Waals surface area contributed by atoms with Crippen molar-refractivity contribution in [1.29, 1.82) is 0 Å². The first kappa shape index (κ1) is 23.1. The van der Waals surface area contributed by atoms with Gasteiger partial charge in [0.1, 0.15) is 24.1 Å². The third-order valence-corrected chi connectivity index (χ3v) is 5.39. The van der Waals surface area contributed by atoms with Crippen molar-refractivity contribution < 1.29 is 29.2 Å². The highest BCUT2D eigenvalue weighted by Gasteiger charge is 2.50. The number of carbonyl (C=O) groups excluding carboxylic acids is 1. The zero-order valence-corrected chi connectivity index (χ0v) is 18.2. The van der Waals surface area contributed by atoms with E-state index in [1.807, 2.05) is 24.3 Å². The van der Waals surface area contributed by atoms with Gasteiger partial charge in [0.05, 0.1) is 5.60 Å². The number of aliphatic hydroxyl groups is 2. The zero-order chi connectivity index (χ0) is 22.6. The molecule has 1 aromatic heterocycles. The largest absolute Gasteiger partial charge is 0.462 e. The first-order valence-electron chi connectivity index (χ1n) is 10.2. The number of carbonyl (C=O) groups is 1. The summed E-state index contributed by atoms with van der Waals surface area (Å²) < 4.78 is 17.2. The number of nitrogens with zero attached hydrogens (tertiary/aromatic N) is 1. The van der Waals surface area contributed by atoms with E-state index in [1.165, 1.54) is 14.0 Å². The quantitative estimate of drug-likeness (QED) is 0.613. The Labute approximate surface area is 182 Å². The molecule has 1 aliphatic rings. The number of benzene rings is 1. The Morgan fingerprint density at radius 2 is 1.90 bits per heavy atom. The Hall–Kier alpha value is -2.52. The predicted octanol–water partition coefficient (Wildman–Crippen LogP) is 1.68. The van der Waals surface area contributed by atoms with Crippen LogP contribution in [0.4, 0.5) is 0 Å². The van der Waals surface area contributed by atoms with Gasteiger partial charge in [-0.1, -0.05) is 6.07 Å². The van der Waals surface area contributed by atoms with E-state index >= 15 is 0 Å². The van der Waals surface area contributed by atoms with E-state index in [0.29, 0.717) is 18.7 Å². The fourth-order valence-electron chi connectivity index (χ4n) is 3.86. The lowest BCUT2D eigenvalue weighted by atomic mass is 9.89. The van der Waals surface area contributed by atoms with Crippen LogP contribution in [0, 0.1) is 0 Å². The third kappa shape index (κ3) is 5.40. The van der Waals surface area contributed by atoms with Crippen LogP contribution in [0.1, 0.15) is 26.3 Å². The Kier molecular flexibility index (Phi) is 7.27. The molecule has 0 saturated carbocycles. The second-order valence-corrected chi connectivity index (χ2v) is 8.13. The summed E-state index contributed by atoms with van der Waals surface area (Å²) in [7, 11) is 1.47. The van der Waals surface area contributed by atoms with Gasteiger partial charge in [0, 0.05) is 33.0 Å². The van der Waals surface area contributed by atoms with Crippen molar-refractivity contribution in [2.24, 2.45) is 0 Å². The molecule has 1 aromatic carbocycles. The number of amides is 1. The van der Waals surface area contributed by atoms with Crippen molar-refractivity contribution in [3.63, 3.8) is 0 Å². The van der Waals surface area contributed by atoms with Crippen LogP contribution in [0.2, 0.25) is 0 Å². The van der Waals surface area contributed by atoms with Crippen molar-refractivity contribution in [3.8, 4) is 16.9 Å². The van der Waals surface area contributed by atoms with E-state index in [9.17, 15) is 15.0 Å². The second kappa shape index (κ2) is 9.74. The van der Waals surface area contributed by atoms with Crippen molar-refractivity contribution >= 4 is 5.91 Å². The minimum Gasteiger partial charge on any atom is -0.462 e. The van der Waals surface area contributed by atoms with Crippen molar-refractivity contribution in [2.45, 2.75) is 57.4 Å². The Balaban J connectivity index is 1.86. The first-order valence-corrected chi connectivity index (χ1v) is 10.2. The SMILES string of the molecule is CO[C@@H]1[C@@H](O)[C@@H](O)C(Oc2ccc(CCNC(C)=O)c(-c3ccncc3)c2)OC1(C)C. The van der Waals surface area contributed by atoms with Gasteiger partial charge < -0.3 is 29.7 Å². The van der Waals surface area contributed by atoms with Crippen LogP contribution in [0.3, 0.4) is 0 Å². The molecule has 2 aromatic rings. The minimum atomic E-state index is -1.28. The second-order valence-electron chi connectivity index (χ2n) is 8.13. The van der Waals surface area contributed by atoms with E-state index in [0.717, 1.165) is 16.7 Å². The van der Waals surface area contributed by atoms with E-state index in [2.05, 4.69) is 10.3 Å². The molecule has 3 rings (SSSR count). The molecule has 1 unspecified atom stereocenters. The number of hydrogen-bond acceptors (Lipinski definition) is 7. The van der Waals surface area contributed by atoms with Crippen molar-refractivity contribution in [3.05, 3.63) is 48.3 Å². The number of aliphatic hydroxyl groups excluding tert-OH is 2. The maximum absolute atomic E-state index is 11.2. The van der Waals surface area contributed by atoms with Crippen LogP contribution in [-0.4, -0.2) is 65.0 Å². The van der Waals surface area contributed by atoms with E-state index in [4.69, 9.17) is 14.2 Å². The smallest absolute Gasteiger partial charge is 0.229 e. The molecule has 8 nitrogen and oxygen atoms in total. The number of hydrogen-bond donors (Lipinski definition) is 3. The fourth-order valence-corrected chi connectivity index (χ4v) is 3.86. The molecule has 0 aliphatic carbocycles. The number of nitrogens with one attached hydrogen (secondary N) is 1. The molecule has 2 heterocycles. The van der Waals surface area contributed by atoms with Gasteiger partial charge in [-0.3, -0.25) is 9.78 Å². The van der Waals surface area contributed by atoms with E-state index in [-0.39, 0.29) is 5.91 Å². The summed E-state index contributed by atoms with van der Waals surface area (Å²) in [6.07, 6.45) is -0.132. The number of ether oxygens (including phenoxy) is 3. The lowest BCUT2D eigenvalue weighted by molar-refractivity contribution is -0.305. The number of methoxy groups -OCH3 is 1. The van der Waals surface area contributed by atoms with Crippen LogP contribution in [0.15, 0.2) is 42.7 Å². The standard InChI is InChI=1S/C23H30N2O6/c1-14(26)25-12-9-15-5-6-17(13-18(15)16-7-10-24-11-8-16)30-22-20(28)19(27)21(29-4)23(2,3)31-22/h5-8,10-11,13,19-22,27-28H,9,12H2,1-4H3,(H,25,26)/t19-,20+,21+,22?/m0/s1. The molecule has 1 fully saturated rings. The fraction of sp³-hybridized carbons (Fsp3) is 0.478. The lowest BCUT2D eigenvalue weighted by Gasteiger charge is -2.46. The van der Waals surface area contributed by atoms with Gasteiger partial charge in [-0.05, 0) is 61.2 Å². The van der Waals surface area contributed by atoms with Gasteiger partial charge in [0.2, 0.25) is 12.2 Å². The monoisotopic (exact) mass is 430 g/mol. The average Bonchev–Trinajstić information content (AvgIpc) is 2.73.